The second-order valence-corrected chi connectivity index (χ2v) is 5.32. The molecule has 0 saturated heterocycles. The predicted octanol–water partition coefficient (Wildman–Crippen LogP) is 4.04. The van der Waals surface area contributed by atoms with E-state index in [1.165, 1.54) is 0 Å². The molecule has 0 aliphatic heterocycles. The smallest absolute Gasteiger partial charge is 0.337 e. The minimum absolute atomic E-state index is 0.338. The van der Waals surface area contributed by atoms with Crippen LogP contribution in [0, 0.1) is 5.92 Å². The lowest BCUT2D eigenvalue weighted by Gasteiger charge is -2.07. The Morgan fingerprint density at radius 3 is 2.78 bits per heavy atom. The number of hydrogen-bond acceptors (Lipinski definition) is 1. The quantitative estimate of drug-likeness (QED) is 0.907. The highest BCUT2D eigenvalue weighted by Gasteiger charge is 2.14. The predicted molar refractivity (Wildman–Crippen MR) is 73.4 cm³/mol. The Bertz CT molecular complexity index is 587. The van der Waals surface area contributed by atoms with Crippen molar-refractivity contribution < 1.29 is 9.90 Å². The number of hydrogen-bond donors (Lipinski definition) is 1. The third kappa shape index (κ3) is 2.51. The van der Waals surface area contributed by atoms with Crippen LogP contribution in [0.25, 0.3) is 10.9 Å². The summed E-state index contributed by atoms with van der Waals surface area (Å²) in [5.41, 5.74) is 1.23. The molecule has 2 aromatic rings. The van der Waals surface area contributed by atoms with Gasteiger partial charge in [-0.15, -0.1) is 0 Å². The minimum atomic E-state index is -0.898. The molecule has 3 nitrogen and oxygen atoms in total. The lowest BCUT2D eigenvalue weighted by molar-refractivity contribution is 0.0699. The van der Waals surface area contributed by atoms with Crippen LogP contribution in [-0.4, -0.2) is 15.6 Å². The summed E-state index contributed by atoms with van der Waals surface area (Å²) in [6, 6.07) is 5.32. The first-order valence-corrected chi connectivity index (χ1v) is 6.38. The van der Waals surface area contributed by atoms with Gasteiger partial charge in [-0.25, -0.2) is 4.79 Å². The number of halogens is 1. The molecule has 0 unspecified atom stereocenters. The summed E-state index contributed by atoms with van der Waals surface area (Å²) >= 11 is 5.98. The normalized spacial score (nSPS) is 11.3. The number of rotatable bonds is 4. The molecule has 1 N–H and O–H groups in total. The van der Waals surface area contributed by atoms with Crippen molar-refractivity contribution in [1.82, 2.24) is 4.57 Å². The number of benzene rings is 1. The number of carbonyl (C=O) groups is 1. The molecular weight excluding hydrogens is 250 g/mol. The fourth-order valence-electron chi connectivity index (χ4n) is 2.02. The number of aromatic carboxylic acids is 1. The number of carboxylic acids is 1. The zero-order valence-corrected chi connectivity index (χ0v) is 11.2. The second-order valence-electron chi connectivity index (χ2n) is 4.89. The first kappa shape index (κ1) is 13.0. The minimum Gasteiger partial charge on any atom is -0.478 e. The van der Waals surface area contributed by atoms with E-state index >= 15 is 0 Å². The Kier molecular flexibility index (Phi) is 3.62. The average Bonchev–Trinajstić information content (AvgIpc) is 2.64. The van der Waals surface area contributed by atoms with Crippen molar-refractivity contribution in [3.63, 3.8) is 0 Å². The lowest BCUT2D eigenvalue weighted by Crippen LogP contribution is -2.00. The second kappa shape index (κ2) is 5.02. The number of aromatic nitrogens is 1. The van der Waals surface area contributed by atoms with Crippen molar-refractivity contribution in [2.24, 2.45) is 5.92 Å². The van der Waals surface area contributed by atoms with E-state index in [0.717, 1.165) is 23.9 Å². The maximum atomic E-state index is 11.2. The van der Waals surface area contributed by atoms with Crippen LogP contribution < -0.4 is 0 Å². The van der Waals surface area contributed by atoms with Gasteiger partial charge in [0, 0.05) is 23.2 Å². The topological polar surface area (TPSA) is 42.2 Å². The molecule has 0 aliphatic rings. The van der Waals surface area contributed by atoms with Crippen LogP contribution in [0.5, 0.6) is 0 Å². The molecule has 1 aromatic carbocycles. The Morgan fingerprint density at radius 2 is 2.17 bits per heavy atom. The average molecular weight is 266 g/mol. The molecule has 0 aliphatic carbocycles. The molecule has 0 spiro atoms. The number of aryl methyl sites for hydroxylation is 1. The van der Waals surface area contributed by atoms with Gasteiger partial charge < -0.3 is 9.67 Å². The van der Waals surface area contributed by atoms with Crippen molar-refractivity contribution in [2.75, 3.05) is 0 Å². The molecule has 2 rings (SSSR count). The lowest BCUT2D eigenvalue weighted by atomic mass is 10.1. The standard InChI is InChI=1S/C14H16ClNO2/c1-9(2)5-6-16-8-12(14(17)18)11-4-3-10(15)7-13(11)16/h3-4,7-9H,5-6H2,1-2H3,(H,17,18). The van der Waals surface area contributed by atoms with Gasteiger partial charge in [0.15, 0.2) is 0 Å². The van der Waals surface area contributed by atoms with E-state index in [1.807, 2.05) is 10.6 Å². The Balaban J connectivity index is 2.51. The van der Waals surface area contributed by atoms with Crippen LogP contribution in [0.1, 0.15) is 30.6 Å². The van der Waals surface area contributed by atoms with Crippen LogP contribution in [0.4, 0.5) is 0 Å². The van der Waals surface area contributed by atoms with Crippen molar-refractivity contribution in [1.29, 1.82) is 0 Å². The van der Waals surface area contributed by atoms with Gasteiger partial charge in [0.1, 0.15) is 0 Å². The van der Waals surface area contributed by atoms with Gasteiger partial charge in [0.25, 0.3) is 0 Å². The molecule has 0 atom stereocenters. The van der Waals surface area contributed by atoms with Crippen LogP contribution >= 0.6 is 11.6 Å². The molecule has 0 radical (unpaired) electrons. The van der Waals surface area contributed by atoms with Gasteiger partial charge in [-0.2, -0.15) is 0 Å². The van der Waals surface area contributed by atoms with Gasteiger partial charge in [0.05, 0.1) is 11.1 Å². The molecule has 4 heteroatoms. The fraction of sp³-hybridized carbons (Fsp3) is 0.357. The highest BCUT2D eigenvalue weighted by Crippen LogP contribution is 2.25. The molecule has 0 saturated carbocycles. The molecule has 18 heavy (non-hydrogen) atoms. The summed E-state index contributed by atoms with van der Waals surface area (Å²) in [5.74, 6) is -0.319. The van der Waals surface area contributed by atoms with Gasteiger partial charge in [0.2, 0.25) is 0 Å². The first-order valence-electron chi connectivity index (χ1n) is 6.00. The van der Waals surface area contributed by atoms with E-state index in [-0.39, 0.29) is 0 Å². The Hall–Kier alpha value is -1.48. The van der Waals surface area contributed by atoms with Crippen LogP contribution in [0.3, 0.4) is 0 Å². The maximum absolute atomic E-state index is 11.2. The molecular formula is C14H16ClNO2. The summed E-state index contributed by atoms with van der Waals surface area (Å²) in [7, 11) is 0. The third-order valence-electron chi connectivity index (χ3n) is 3.02. The van der Waals surface area contributed by atoms with E-state index in [1.54, 1.807) is 18.3 Å². The van der Waals surface area contributed by atoms with Gasteiger partial charge in [-0.05, 0) is 24.5 Å². The SMILES string of the molecule is CC(C)CCn1cc(C(=O)O)c2ccc(Cl)cc21. The van der Waals surface area contributed by atoms with Crippen molar-refractivity contribution in [2.45, 2.75) is 26.8 Å². The van der Waals surface area contributed by atoms with Gasteiger partial charge in [-0.1, -0.05) is 31.5 Å². The van der Waals surface area contributed by atoms with Gasteiger partial charge in [-0.3, -0.25) is 0 Å². The summed E-state index contributed by atoms with van der Waals surface area (Å²) in [6.45, 7) is 5.11. The van der Waals surface area contributed by atoms with E-state index in [2.05, 4.69) is 13.8 Å². The van der Waals surface area contributed by atoms with Crippen LogP contribution in [0.2, 0.25) is 5.02 Å². The summed E-state index contributed by atoms with van der Waals surface area (Å²) in [6.07, 6.45) is 2.71. The number of carboxylic acid groups (broad SMARTS) is 1. The monoisotopic (exact) mass is 265 g/mol. The number of fused-ring (bicyclic) bond motifs is 1. The molecule has 0 bridgehead atoms. The summed E-state index contributed by atoms with van der Waals surface area (Å²) in [4.78, 5) is 11.2. The van der Waals surface area contributed by atoms with Crippen molar-refractivity contribution in [3.8, 4) is 0 Å². The molecule has 0 amide bonds. The van der Waals surface area contributed by atoms with Gasteiger partial charge >= 0.3 is 5.97 Å². The highest BCUT2D eigenvalue weighted by atomic mass is 35.5. The van der Waals surface area contributed by atoms with E-state index in [9.17, 15) is 9.90 Å². The largest absolute Gasteiger partial charge is 0.478 e. The molecule has 96 valence electrons. The van der Waals surface area contributed by atoms with Crippen molar-refractivity contribution in [3.05, 3.63) is 35.0 Å². The van der Waals surface area contributed by atoms with E-state index in [0.29, 0.717) is 16.5 Å². The Labute approximate surface area is 111 Å². The van der Waals surface area contributed by atoms with Crippen LogP contribution in [0.15, 0.2) is 24.4 Å². The van der Waals surface area contributed by atoms with Crippen LogP contribution in [-0.2, 0) is 6.54 Å². The number of nitrogens with zero attached hydrogens (tertiary/aromatic N) is 1. The zero-order valence-electron chi connectivity index (χ0n) is 10.5. The molecule has 1 aromatic heterocycles. The first-order chi connectivity index (χ1) is 8.49. The van der Waals surface area contributed by atoms with Crippen molar-refractivity contribution >= 4 is 28.5 Å². The van der Waals surface area contributed by atoms with E-state index < -0.39 is 5.97 Å². The summed E-state index contributed by atoms with van der Waals surface area (Å²) in [5, 5.41) is 10.6. The molecule has 1 heterocycles. The summed E-state index contributed by atoms with van der Waals surface area (Å²) < 4.78 is 1.98. The third-order valence-corrected chi connectivity index (χ3v) is 3.26. The van der Waals surface area contributed by atoms with E-state index in [4.69, 9.17) is 11.6 Å². The Morgan fingerprint density at radius 1 is 1.44 bits per heavy atom. The zero-order chi connectivity index (χ0) is 13.3. The fourth-order valence-corrected chi connectivity index (χ4v) is 2.18. The highest BCUT2D eigenvalue weighted by molar-refractivity contribution is 6.31. The molecule has 0 fully saturated rings. The maximum Gasteiger partial charge on any atom is 0.337 e.